The van der Waals surface area contributed by atoms with E-state index in [9.17, 15) is 9.59 Å². The SMILES string of the molecule is CSCC(C)N(C)C(=O)NCCC(=O)O. The third-order valence-corrected chi connectivity index (χ3v) is 2.82. The van der Waals surface area contributed by atoms with Crippen LogP contribution in [0.5, 0.6) is 0 Å². The Morgan fingerprint density at radius 1 is 1.53 bits per heavy atom. The monoisotopic (exact) mass is 234 g/mol. The van der Waals surface area contributed by atoms with Crippen LogP contribution in [0.1, 0.15) is 13.3 Å². The van der Waals surface area contributed by atoms with Gasteiger partial charge < -0.3 is 15.3 Å². The van der Waals surface area contributed by atoms with Crippen LogP contribution in [-0.4, -0.2) is 53.6 Å². The van der Waals surface area contributed by atoms with Crippen LogP contribution in [-0.2, 0) is 4.79 Å². The maximum Gasteiger partial charge on any atom is 0.317 e. The molecule has 0 radical (unpaired) electrons. The van der Waals surface area contributed by atoms with E-state index >= 15 is 0 Å². The summed E-state index contributed by atoms with van der Waals surface area (Å²) in [5, 5.41) is 10.9. The van der Waals surface area contributed by atoms with Crippen LogP contribution in [0, 0.1) is 0 Å². The Hall–Kier alpha value is -0.910. The minimum absolute atomic E-state index is 0.0452. The number of carboxylic acids is 1. The molecule has 6 heteroatoms. The molecule has 0 aliphatic carbocycles. The molecular weight excluding hydrogens is 216 g/mol. The van der Waals surface area contributed by atoms with E-state index in [1.165, 1.54) is 0 Å². The molecule has 88 valence electrons. The number of carboxylic acid groups (broad SMARTS) is 1. The number of nitrogens with zero attached hydrogens (tertiary/aromatic N) is 1. The molecule has 2 amide bonds. The molecule has 5 nitrogen and oxygen atoms in total. The summed E-state index contributed by atoms with van der Waals surface area (Å²) >= 11 is 1.67. The number of carbonyl (C=O) groups is 2. The van der Waals surface area contributed by atoms with Gasteiger partial charge in [0.25, 0.3) is 0 Å². The standard InChI is InChI=1S/C9H18N2O3S/c1-7(6-15-3)11(2)9(14)10-5-4-8(12)13/h7H,4-6H2,1-3H3,(H,10,14)(H,12,13). The Balaban J connectivity index is 3.83. The maximum atomic E-state index is 11.5. The highest BCUT2D eigenvalue weighted by Gasteiger charge is 2.14. The van der Waals surface area contributed by atoms with Crippen LogP contribution in [0.3, 0.4) is 0 Å². The van der Waals surface area contributed by atoms with Gasteiger partial charge in [0.05, 0.1) is 6.42 Å². The van der Waals surface area contributed by atoms with Crippen molar-refractivity contribution in [3.63, 3.8) is 0 Å². The molecule has 0 saturated heterocycles. The first kappa shape index (κ1) is 14.1. The molecule has 0 heterocycles. The zero-order valence-electron chi connectivity index (χ0n) is 9.32. The Morgan fingerprint density at radius 2 is 2.13 bits per heavy atom. The highest BCUT2D eigenvalue weighted by molar-refractivity contribution is 7.98. The summed E-state index contributed by atoms with van der Waals surface area (Å²) in [5.41, 5.74) is 0. The van der Waals surface area contributed by atoms with Crippen molar-refractivity contribution in [1.29, 1.82) is 0 Å². The summed E-state index contributed by atoms with van der Waals surface area (Å²) < 4.78 is 0. The molecule has 0 aromatic rings. The van der Waals surface area contributed by atoms with Gasteiger partial charge in [0, 0.05) is 25.4 Å². The van der Waals surface area contributed by atoms with Gasteiger partial charge in [-0.1, -0.05) is 0 Å². The van der Waals surface area contributed by atoms with E-state index in [0.717, 1.165) is 5.75 Å². The van der Waals surface area contributed by atoms with Crippen LogP contribution in [0.15, 0.2) is 0 Å². The lowest BCUT2D eigenvalue weighted by Gasteiger charge is -2.24. The van der Waals surface area contributed by atoms with E-state index in [1.54, 1.807) is 23.7 Å². The van der Waals surface area contributed by atoms with E-state index < -0.39 is 5.97 Å². The molecule has 0 saturated carbocycles. The largest absolute Gasteiger partial charge is 0.481 e. The van der Waals surface area contributed by atoms with E-state index in [-0.39, 0.29) is 25.0 Å². The van der Waals surface area contributed by atoms with Gasteiger partial charge in [-0.15, -0.1) is 0 Å². The van der Waals surface area contributed by atoms with Crippen molar-refractivity contribution in [3.05, 3.63) is 0 Å². The fourth-order valence-corrected chi connectivity index (χ4v) is 1.66. The lowest BCUT2D eigenvalue weighted by Crippen LogP contribution is -2.43. The Morgan fingerprint density at radius 3 is 2.60 bits per heavy atom. The predicted octanol–water partition coefficient (Wildman–Crippen LogP) is 0.854. The van der Waals surface area contributed by atoms with Crippen molar-refractivity contribution in [2.75, 3.05) is 25.6 Å². The minimum Gasteiger partial charge on any atom is -0.481 e. The third-order valence-electron chi connectivity index (χ3n) is 2.00. The zero-order chi connectivity index (χ0) is 11.8. The molecule has 1 atom stereocenters. The average molecular weight is 234 g/mol. The van der Waals surface area contributed by atoms with Crippen molar-refractivity contribution >= 4 is 23.8 Å². The lowest BCUT2D eigenvalue weighted by atomic mass is 10.3. The van der Waals surface area contributed by atoms with Gasteiger partial charge in [0.1, 0.15) is 0 Å². The molecule has 0 fully saturated rings. The molecule has 0 bridgehead atoms. The molecule has 0 spiro atoms. The zero-order valence-corrected chi connectivity index (χ0v) is 10.1. The van der Waals surface area contributed by atoms with Crippen LogP contribution in [0.2, 0.25) is 0 Å². The van der Waals surface area contributed by atoms with E-state index in [4.69, 9.17) is 5.11 Å². The average Bonchev–Trinajstić information content (AvgIpc) is 2.16. The number of hydrogen-bond acceptors (Lipinski definition) is 3. The molecule has 0 aromatic heterocycles. The van der Waals surface area contributed by atoms with Crippen molar-refractivity contribution in [2.45, 2.75) is 19.4 Å². The summed E-state index contributed by atoms with van der Waals surface area (Å²) in [7, 11) is 1.71. The van der Waals surface area contributed by atoms with Gasteiger partial charge >= 0.3 is 12.0 Å². The number of aliphatic carboxylic acids is 1. The molecule has 1 unspecified atom stereocenters. The van der Waals surface area contributed by atoms with Crippen LogP contribution in [0.25, 0.3) is 0 Å². The second kappa shape index (κ2) is 7.39. The number of hydrogen-bond donors (Lipinski definition) is 2. The molecule has 0 aromatic carbocycles. The summed E-state index contributed by atoms with van der Waals surface area (Å²) in [6, 6.07) is -0.0809. The van der Waals surface area contributed by atoms with Gasteiger partial charge in [0.15, 0.2) is 0 Å². The minimum atomic E-state index is -0.907. The van der Waals surface area contributed by atoms with Crippen molar-refractivity contribution in [3.8, 4) is 0 Å². The number of carbonyl (C=O) groups excluding carboxylic acids is 1. The van der Waals surface area contributed by atoms with Gasteiger partial charge in [-0.3, -0.25) is 4.79 Å². The Kier molecular flexibility index (Phi) is 6.94. The van der Waals surface area contributed by atoms with E-state index in [2.05, 4.69) is 5.32 Å². The lowest BCUT2D eigenvalue weighted by molar-refractivity contribution is -0.136. The number of thioether (sulfide) groups is 1. The first-order valence-corrected chi connectivity index (χ1v) is 6.09. The summed E-state index contributed by atoms with van der Waals surface area (Å²) in [4.78, 5) is 23.3. The first-order chi connectivity index (χ1) is 6.99. The summed E-state index contributed by atoms with van der Waals surface area (Å²) in [6.45, 7) is 2.12. The molecule has 0 aliphatic rings. The smallest absolute Gasteiger partial charge is 0.317 e. The molecule has 2 N–H and O–H groups in total. The summed E-state index contributed by atoms with van der Waals surface area (Å²) in [6.07, 6.45) is 1.93. The number of urea groups is 1. The van der Waals surface area contributed by atoms with E-state index in [1.807, 2.05) is 13.2 Å². The number of nitrogens with one attached hydrogen (secondary N) is 1. The second-order valence-electron chi connectivity index (χ2n) is 3.29. The number of rotatable bonds is 6. The topological polar surface area (TPSA) is 69.6 Å². The van der Waals surface area contributed by atoms with E-state index in [0.29, 0.717) is 0 Å². The highest BCUT2D eigenvalue weighted by Crippen LogP contribution is 2.03. The first-order valence-electron chi connectivity index (χ1n) is 4.70. The quantitative estimate of drug-likeness (QED) is 0.715. The fraction of sp³-hybridized carbons (Fsp3) is 0.778. The van der Waals surface area contributed by atoms with Crippen molar-refractivity contribution in [2.24, 2.45) is 0 Å². The fourth-order valence-electron chi connectivity index (χ4n) is 0.954. The third kappa shape index (κ3) is 6.22. The molecular formula is C9H18N2O3S. The predicted molar refractivity (Wildman–Crippen MR) is 61.3 cm³/mol. The van der Waals surface area contributed by atoms with Crippen LogP contribution in [0.4, 0.5) is 4.79 Å². The molecule has 15 heavy (non-hydrogen) atoms. The van der Waals surface area contributed by atoms with Crippen molar-refractivity contribution < 1.29 is 14.7 Å². The van der Waals surface area contributed by atoms with Gasteiger partial charge in [0.2, 0.25) is 0 Å². The Labute approximate surface area is 94.2 Å². The Bertz CT molecular complexity index is 223. The van der Waals surface area contributed by atoms with Gasteiger partial charge in [-0.05, 0) is 13.2 Å². The molecule has 0 aliphatic heterocycles. The maximum absolute atomic E-state index is 11.5. The van der Waals surface area contributed by atoms with Crippen LogP contribution >= 0.6 is 11.8 Å². The summed E-state index contributed by atoms with van der Waals surface area (Å²) in [5.74, 6) is -0.0434. The normalized spacial score (nSPS) is 11.9. The number of amides is 2. The van der Waals surface area contributed by atoms with Crippen LogP contribution < -0.4 is 5.32 Å². The van der Waals surface area contributed by atoms with Gasteiger partial charge in [-0.25, -0.2) is 4.79 Å². The molecule has 0 rings (SSSR count). The van der Waals surface area contributed by atoms with Crippen molar-refractivity contribution in [1.82, 2.24) is 10.2 Å². The second-order valence-corrected chi connectivity index (χ2v) is 4.20. The highest BCUT2D eigenvalue weighted by atomic mass is 32.2. The van der Waals surface area contributed by atoms with Gasteiger partial charge in [-0.2, -0.15) is 11.8 Å².